The van der Waals surface area contributed by atoms with E-state index in [1.54, 1.807) is 19.2 Å². The molecule has 2 N–H and O–H groups in total. The Morgan fingerprint density at radius 3 is 2.53 bits per heavy atom. The van der Waals surface area contributed by atoms with Gasteiger partial charge in [0, 0.05) is 25.2 Å². The topological polar surface area (TPSA) is 62.2 Å². The normalized spacial score (nSPS) is 12.6. The van der Waals surface area contributed by atoms with E-state index in [0.29, 0.717) is 24.4 Å². The number of ether oxygens (including phenoxy) is 2. The third kappa shape index (κ3) is 4.51. The SMILES string of the molecule is COCC(C)N(C)Cc1ccc(OC)c(B(O)O)c1. The molecule has 0 radical (unpaired) electrons. The molecule has 1 aromatic rings. The Bertz CT molecular complexity index is 400. The van der Waals surface area contributed by atoms with Crippen molar-refractivity contribution >= 4 is 12.6 Å². The third-order valence-corrected chi connectivity index (χ3v) is 3.16. The van der Waals surface area contributed by atoms with Gasteiger partial charge in [0.15, 0.2) is 0 Å². The second-order valence-electron chi connectivity index (χ2n) is 4.67. The molecular formula is C13H22BNO4. The first kappa shape index (κ1) is 16.0. The predicted molar refractivity (Wildman–Crippen MR) is 75.6 cm³/mol. The molecule has 0 spiro atoms. The van der Waals surface area contributed by atoms with Gasteiger partial charge in [0.1, 0.15) is 5.75 Å². The number of nitrogens with zero attached hydrogens (tertiary/aromatic N) is 1. The van der Waals surface area contributed by atoms with E-state index in [1.807, 2.05) is 13.1 Å². The second-order valence-corrected chi connectivity index (χ2v) is 4.67. The van der Waals surface area contributed by atoms with Crippen molar-refractivity contribution in [3.8, 4) is 5.75 Å². The van der Waals surface area contributed by atoms with E-state index in [-0.39, 0.29) is 6.04 Å². The summed E-state index contributed by atoms with van der Waals surface area (Å²) in [7, 11) is 3.66. The van der Waals surface area contributed by atoms with Crippen molar-refractivity contribution in [3.63, 3.8) is 0 Å². The van der Waals surface area contributed by atoms with E-state index in [4.69, 9.17) is 9.47 Å². The highest BCUT2D eigenvalue weighted by molar-refractivity contribution is 6.59. The first-order valence-electron chi connectivity index (χ1n) is 6.21. The number of rotatable bonds is 7. The molecule has 0 aliphatic carbocycles. The van der Waals surface area contributed by atoms with Gasteiger partial charge in [-0.1, -0.05) is 12.1 Å². The molecule has 0 aromatic heterocycles. The average molecular weight is 267 g/mol. The van der Waals surface area contributed by atoms with Crippen molar-refractivity contribution in [2.45, 2.75) is 19.5 Å². The van der Waals surface area contributed by atoms with Crippen LogP contribution in [0.4, 0.5) is 0 Å². The molecular weight excluding hydrogens is 245 g/mol. The zero-order chi connectivity index (χ0) is 14.4. The second kappa shape index (κ2) is 7.50. The molecule has 0 saturated carbocycles. The maximum atomic E-state index is 9.33. The van der Waals surface area contributed by atoms with Gasteiger partial charge in [-0.3, -0.25) is 4.90 Å². The summed E-state index contributed by atoms with van der Waals surface area (Å²) < 4.78 is 10.2. The zero-order valence-electron chi connectivity index (χ0n) is 12.0. The largest absolute Gasteiger partial charge is 0.497 e. The van der Waals surface area contributed by atoms with Gasteiger partial charge in [-0.25, -0.2) is 0 Å². The van der Waals surface area contributed by atoms with Crippen molar-refractivity contribution < 1.29 is 19.5 Å². The number of hydrogen-bond donors (Lipinski definition) is 2. The van der Waals surface area contributed by atoms with Crippen LogP contribution in [0.1, 0.15) is 12.5 Å². The Kier molecular flexibility index (Phi) is 6.31. The van der Waals surface area contributed by atoms with Gasteiger partial charge in [0.2, 0.25) is 0 Å². The summed E-state index contributed by atoms with van der Waals surface area (Å²) in [5, 5.41) is 18.7. The molecule has 6 heteroatoms. The van der Waals surface area contributed by atoms with Crippen LogP contribution in [0, 0.1) is 0 Å². The van der Waals surface area contributed by atoms with Gasteiger partial charge < -0.3 is 19.5 Å². The van der Waals surface area contributed by atoms with Crippen LogP contribution in [-0.4, -0.2) is 56.0 Å². The van der Waals surface area contributed by atoms with E-state index in [9.17, 15) is 10.0 Å². The van der Waals surface area contributed by atoms with Crippen LogP contribution in [-0.2, 0) is 11.3 Å². The molecule has 0 aliphatic heterocycles. The van der Waals surface area contributed by atoms with Crippen LogP contribution >= 0.6 is 0 Å². The fraction of sp³-hybridized carbons (Fsp3) is 0.538. The lowest BCUT2D eigenvalue weighted by molar-refractivity contribution is 0.112. The van der Waals surface area contributed by atoms with Crippen molar-refractivity contribution in [3.05, 3.63) is 23.8 Å². The summed E-state index contributed by atoms with van der Waals surface area (Å²) in [6.45, 7) is 3.44. The van der Waals surface area contributed by atoms with Crippen molar-refractivity contribution in [1.29, 1.82) is 0 Å². The fourth-order valence-corrected chi connectivity index (χ4v) is 1.90. The highest BCUT2D eigenvalue weighted by atomic mass is 16.5. The Hall–Kier alpha value is -1.08. The Morgan fingerprint density at radius 1 is 1.32 bits per heavy atom. The smallest absolute Gasteiger partial charge is 0.492 e. The number of likely N-dealkylation sites (N-methyl/N-ethyl adjacent to an activating group) is 1. The molecule has 1 rings (SSSR count). The molecule has 0 saturated heterocycles. The summed E-state index contributed by atoms with van der Waals surface area (Å²) in [5.41, 5.74) is 1.38. The maximum absolute atomic E-state index is 9.33. The summed E-state index contributed by atoms with van der Waals surface area (Å²) in [5.74, 6) is 0.478. The lowest BCUT2D eigenvalue weighted by atomic mass is 9.78. The maximum Gasteiger partial charge on any atom is 0.492 e. The molecule has 0 fully saturated rings. The van der Waals surface area contributed by atoms with Crippen molar-refractivity contribution in [1.82, 2.24) is 4.90 Å². The fourth-order valence-electron chi connectivity index (χ4n) is 1.90. The summed E-state index contributed by atoms with van der Waals surface area (Å²) in [6, 6.07) is 5.70. The number of methoxy groups -OCH3 is 2. The molecule has 0 amide bonds. The molecule has 0 aliphatic rings. The minimum Gasteiger partial charge on any atom is -0.497 e. The Morgan fingerprint density at radius 2 is 2.00 bits per heavy atom. The molecule has 19 heavy (non-hydrogen) atoms. The molecule has 0 heterocycles. The number of hydrogen-bond acceptors (Lipinski definition) is 5. The molecule has 0 bridgehead atoms. The quantitative estimate of drug-likeness (QED) is 0.672. The minimum atomic E-state index is -1.53. The van der Waals surface area contributed by atoms with Crippen LogP contribution in [0.25, 0.3) is 0 Å². The first-order valence-corrected chi connectivity index (χ1v) is 6.21. The van der Waals surface area contributed by atoms with Gasteiger partial charge in [-0.15, -0.1) is 0 Å². The van der Waals surface area contributed by atoms with E-state index in [2.05, 4.69) is 11.8 Å². The molecule has 1 atom stereocenters. The predicted octanol–water partition coefficient (Wildman–Crippen LogP) is -0.158. The van der Waals surface area contributed by atoms with E-state index in [0.717, 1.165) is 5.56 Å². The first-order chi connectivity index (χ1) is 8.99. The molecule has 106 valence electrons. The van der Waals surface area contributed by atoms with E-state index in [1.165, 1.54) is 7.11 Å². The highest BCUT2D eigenvalue weighted by Gasteiger charge is 2.18. The number of benzene rings is 1. The lowest BCUT2D eigenvalue weighted by Gasteiger charge is -2.24. The van der Waals surface area contributed by atoms with E-state index < -0.39 is 7.12 Å². The molecule has 1 aromatic carbocycles. The van der Waals surface area contributed by atoms with Crippen molar-refractivity contribution in [2.24, 2.45) is 0 Å². The molecule has 5 nitrogen and oxygen atoms in total. The average Bonchev–Trinajstić information content (AvgIpc) is 2.38. The summed E-state index contributed by atoms with van der Waals surface area (Å²) in [4.78, 5) is 2.14. The van der Waals surface area contributed by atoms with Gasteiger partial charge in [0.25, 0.3) is 0 Å². The monoisotopic (exact) mass is 267 g/mol. The molecule has 1 unspecified atom stereocenters. The zero-order valence-corrected chi connectivity index (χ0v) is 12.0. The van der Waals surface area contributed by atoms with Gasteiger partial charge in [-0.2, -0.15) is 0 Å². The summed E-state index contributed by atoms with van der Waals surface area (Å²) in [6.07, 6.45) is 0. The lowest BCUT2D eigenvalue weighted by Crippen LogP contribution is -2.34. The van der Waals surface area contributed by atoms with Crippen LogP contribution in [0.2, 0.25) is 0 Å². The van der Waals surface area contributed by atoms with Gasteiger partial charge in [-0.05, 0) is 25.6 Å². The van der Waals surface area contributed by atoms with E-state index >= 15 is 0 Å². The van der Waals surface area contributed by atoms with Gasteiger partial charge in [0.05, 0.1) is 13.7 Å². The van der Waals surface area contributed by atoms with Gasteiger partial charge >= 0.3 is 7.12 Å². The third-order valence-electron chi connectivity index (χ3n) is 3.16. The van der Waals surface area contributed by atoms with Crippen molar-refractivity contribution in [2.75, 3.05) is 27.9 Å². The van der Waals surface area contributed by atoms with Crippen LogP contribution in [0.15, 0.2) is 18.2 Å². The highest BCUT2D eigenvalue weighted by Crippen LogP contribution is 2.12. The summed E-state index contributed by atoms with van der Waals surface area (Å²) >= 11 is 0. The minimum absolute atomic E-state index is 0.287. The van der Waals surface area contributed by atoms with Crippen LogP contribution in [0.5, 0.6) is 5.75 Å². The Labute approximate surface area is 114 Å². The van der Waals surface area contributed by atoms with Crippen LogP contribution in [0.3, 0.4) is 0 Å². The standard InChI is InChI=1S/C13H22BNO4/c1-10(9-18-3)15(2)8-11-5-6-13(19-4)12(7-11)14(16)17/h5-7,10,16-17H,8-9H2,1-4H3. The van der Waals surface area contributed by atoms with Crippen LogP contribution < -0.4 is 10.2 Å². The Balaban J connectivity index is 2.82.